The Morgan fingerprint density at radius 1 is 1.04 bits per heavy atom. The number of ketones is 1. The molecule has 1 heterocycles. The maximum atomic E-state index is 13.0. The molecular formula is C23H32N2O. The standard InChI is InChI=1S/C23H32N2O/c1-14(2)16-8-10-18(11-9-16)25-19-12-17(15(3)4)13-20(26)21(19)22(24-25)23(5,6)7/h8-11,14-15,17H,12-13H2,1-7H3. The summed E-state index contributed by atoms with van der Waals surface area (Å²) < 4.78 is 2.03. The smallest absolute Gasteiger partial charge is 0.166 e. The van der Waals surface area contributed by atoms with Gasteiger partial charge in [0.1, 0.15) is 0 Å². The van der Waals surface area contributed by atoms with Crippen LogP contribution in [-0.2, 0) is 11.8 Å². The number of hydrogen-bond acceptors (Lipinski definition) is 2. The fourth-order valence-electron chi connectivity index (χ4n) is 3.81. The Labute approximate surface area is 157 Å². The minimum atomic E-state index is -0.145. The highest BCUT2D eigenvalue weighted by Crippen LogP contribution is 2.37. The number of carbonyl (C=O) groups excluding carboxylic acids is 1. The molecule has 3 rings (SSSR count). The molecule has 1 aliphatic rings. The van der Waals surface area contributed by atoms with Gasteiger partial charge < -0.3 is 0 Å². The predicted octanol–water partition coefficient (Wildman–Crippen LogP) is 5.69. The zero-order valence-electron chi connectivity index (χ0n) is 17.3. The number of fused-ring (bicyclic) bond motifs is 1. The molecular weight excluding hydrogens is 320 g/mol. The summed E-state index contributed by atoms with van der Waals surface area (Å²) in [4.78, 5) is 13.0. The molecule has 1 atom stereocenters. The van der Waals surface area contributed by atoms with Gasteiger partial charge in [0.2, 0.25) is 0 Å². The molecule has 0 N–H and O–H groups in total. The fraction of sp³-hybridized carbons (Fsp3) is 0.565. The van der Waals surface area contributed by atoms with E-state index in [-0.39, 0.29) is 11.2 Å². The Kier molecular flexibility index (Phi) is 4.85. The lowest BCUT2D eigenvalue weighted by Crippen LogP contribution is -2.26. The zero-order valence-corrected chi connectivity index (χ0v) is 17.3. The van der Waals surface area contributed by atoms with Crippen LogP contribution in [0.2, 0.25) is 0 Å². The second-order valence-corrected chi connectivity index (χ2v) is 9.41. The molecule has 0 fully saturated rings. The first kappa shape index (κ1) is 18.9. The van der Waals surface area contributed by atoms with Crippen molar-refractivity contribution < 1.29 is 4.79 Å². The number of nitrogens with zero attached hydrogens (tertiary/aromatic N) is 2. The topological polar surface area (TPSA) is 34.9 Å². The van der Waals surface area contributed by atoms with Crippen LogP contribution in [0.4, 0.5) is 0 Å². The van der Waals surface area contributed by atoms with Crippen LogP contribution >= 0.6 is 0 Å². The van der Waals surface area contributed by atoms with E-state index in [0.717, 1.165) is 29.1 Å². The Bertz CT molecular complexity index is 804. The van der Waals surface area contributed by atoms with Crippen molar-refractivity contribution in [1.82, 2.24) is 9.78 Å². The van der Waals surface area contributed by atoms with Crippen LogP contribution < -0.4 is 0 Å². The van der Waals surface area contributed by atoms with E-state index < -0.39 is 0 Å². The zero-order chi connectivity index (χ0) is 19.2. The molecule has 3 heteroatoms. The molecule has 2 aromatic rings. The highest BCUT2D eigenvalue weighted by Gasteiger charge is 2.36. The second kappa shape index (κ2) is 6.68. The third-order valence-electron chi connectivity index (χ3n) is 5.62. The molecule has 1 aliphatic carbocycles. The Morgan fingerprint density at radius 3 is 2.15 bits per heavy atom. The molecule has 26 heavy (non-hydrogen) atoms. The van der Waals surface area contributed by atoms with E-state index in [0.29, 0.717) is 24.2 Å². The first-order valence-corrected chi connectivity index (χ1v) is 9.85. The molecule has 0 amide bonds. The summed E-state index contributed by atoms with van der Waals surface area (Å²) >= 11 is 0. The number of benzene rings is 1. The average Bonchev–Trinajstić information content (AvgIpc) is 2.95. The van der Waals surface area contributed by atoms with Crippen molar-refractivity contribution in [2.75, 3.05) is 0 Å². The van der Waals surface area contributed by atoms with E-state index in [9.17, 15) is 4.79 Å². The van der Waals surface area contributed by atoms with Crippen LogP contribution in [0.15, 0.2) is 24.3 Å². The quantitative estimate of drug-likeness (QED) is 0.711. The average molecular weight is 353 g/mol. The van der Waals surface area contributed by atoms with Gasteiger partial charge in [-0.3, -0.25) is 4.79 Å². The molecule has 0 aliphatic heterocycles. The van der Waals surface area contributed by atoms with Gasteiger partial charge in [-0.25, -0.2) is 4.68 Å². The first-order chi connectivity index (χ1) is 12.1. The van der Waals surface area contributed by atoms with Crippen molar-refractivity contribution in [2.45, 2.75) is 72.6 Å². The molecule has 1 unspecified atom stereocenters. The predicted molar refractivity (Wildman–Crippen MR) is 107 cm³/mol. The van der Waals surface area contributed by atoms with Crippen molar-refractivity contribution in [1.29, 1.82) is 0 Å². The van der Waals surface area contributed by atoms with Gasteiger partial charge in [0.05, 0.1) is 22.6 Å². The van der Waals surface area contributed by atoms with Crippen LogP contribution in [0, 0.1) is 11.8 Å². The number of aromatic nitrogens is 2. The highest BCUT2D eigenvalue weighted by atomic mass is 16.1. The van der Waals surface area contributed by atoms with E-state index in [1.165, 1.54) is 5.56 Å². The second-order valence-electron chi connectivity index (χ2n) is 9.41. The SMILES string of the molecule is CC(C)c1ccc(-n2nc(C(C)(C)C)c3c2CC(C(C)C)CC3=O)cc1. The number of hydrogen-bond donors (Lipinski definition) is 0. The maximum absolute atomic E-state index is 13.0. The van der Waals surface area contributed by atoms with Gasteiger partial charge in [0.25, 0.3) is 0 Å². The Balaban J connectivity index is 2.15. The van der Waals surface area contributed by atoms with E-state index in [1.807, 2.05) is 4.68 Å². The molecule has 1 aromatic heterocycles. The van der Waals surface area contributed by atoms with E-state index in [1.54, 1.807) is 0 Å². The molecule has 1 aromatic carbocycles. The summed E-state index contributed by atoms with van der Waals surface area (Å²) in [5, 5.41) is 4.95. The minimum absolute atomic E-state index is 0.145. The van der Waals surface area contributed by atoms with Crippen molar-refractivity contribution >= 4 is 5.78 Å². The summed E-state index contributed by atoms with van der Waals surface area (Å²) in [6.07, 6.45) is 1.57. The number of Topliss-reactive ketones (excluding diaryl/α,β-unsaturated/α-hetero) is 1. The van der Waals surface area contributed by atoms with Crippen molar-refractivity contribution in [3.63, 3.8) is 0 Å². The van der Waals surface area contributed by atoms with Gasteiger partial charge in [0.15, 0.2) is 5.78 Å². The third-order valence-corrected chi connectivity index (χ3v) is 5.62. The lowest BCUT2D eigenvalue weighted by Gasteiger charge is -2.26. The van der Waals surface area contributed by atoms with Gasteiger partial charge >= 0.3 is 0 Å². The van der Waals surface area contributed by atoms with Crippen LogP contribution in [0.5, 0.6) is 0 Å². The summed E-state index contributed by atoms with van der Waals surface area (Å²) in [6, 6.07) is 8.63. The van der Waals surface area contributed by atoms with E-state index in [4.69, 9.17) is 5.10 Å². The van der Waals surface area contributed by atoms with E-state index in [2.05, 4.69) is 72.7 Å². The highest BCUT2D eigenvalue weighted by molar-refractivity contribution is 6.00. The van der Waals surface area contributed by atoms with Gasteiger partial charge in [0, 0.05) is 11.8 Å². The summed E-state index contributed by atoms with van der Waals surface area (Å²) in [5.74, 6) is 1.66. The molecule has 0 spiro atoms. The first-order valence-electron chi connectivity index (χ1n) is 9.85. The van der Waals surface area contributed by atoms with Gasteiger partial charge in [-0.15, -0.1) is 0 Å². The molecule has 0 bridgehead atoms. The Morgan fingerprint density at radius 2 is 1.65 bits per heavy atom. The lowest BCUT2D eigenvalue weighted by atomic mass is 9.77. The normalized spacial score (nSPS) is 17.9. The Hall–Kier alpha value is -1.90. The maximum Gasteiger partial charge on any atom is 0.166 e. The number of rotatable bonds is 3. The summed E-state index contributed by atoms with van der Waals surface area (Å²) in [5.41, 5.74) is 5.14. The van der Waals surface area contributed by atoms with Gasteiger partial charge in [-0.2, -0.15) is 5.10 Å². The van der Waals surface area contributed by atoms with Gasteiger partial charge in [-0.1, -0.05) is 60.6 Å². The molecule has 0 saturated heterocycles. The van der Waals surface area contributed by atoms with Crippen LogP contribution in [-0.4, -0.2) is 15.6 Å². The van der Waals surface area contributed by atoms with Crippen molar-refractivity contribution in [3.8, 4) is 5.69 Å². The monoisotopic (exact) mass is 352 g/mol. The number of carbonyl (C=O) groups is 1. The van der Waals surface area contributed by atoms with Gasteiger partial charge in [-0.05, 0) is 41.9 Å². The third kappa shape index (κ3) is 3.36. The van der Waals surface area contributed by atoms with Crippen molar-refractivity contribution in [2.24, 2.45) is 11.8 Å². The van der Waals surface area contributed by atoms with Crippen LogP contribution in [0.1, 0.15) is 88.1 Å². The molecule has 0 radical (unpaired) electrons. The van der Waals surface area contributed by atoms with Crippen LogP contribution in [0.25, 0.3) is 5.69 Å². The van der Waals surface area contributed by atoms with E-state index >= 15 is 0 Å². The fourth-order valence-corrected chi connectivity index (χ4v) is 3.81. The molecule has 140 valence electrons. The minimum Gasteiger partial charge on any atom is -0.294 e. The van der Waals surface area contributed by atoms with Crippen LogP contribution in [0.3, 0.4) is 0 Å². The summed E-state index contributed by atoms with van der Waals surface area (Å²) in [6.45, 7) is 15.3. The summed E-state index contributed by atoms with van der Waals surface area (Å²) in [7, 11) is 0. The molecule has 0 saturated carbocycles. The lowest BCUT2D eigenvalue weighted by molar-refractivity contribution is 0.0930. The largest absolute Gasteiger partial charge is 0.294 e. The molecule has 3 nitrogen and oxygen atoms in total. The van der Waals surface area contributed by atoms with Crippen molar-refractivity contribution in [3.05, 3.63) is 46.8 Å².